The molecule has 1 aromatic heterocycles. The SMILES string of the molecule is CN=C(NCCCN1CCN(c2ccc(OC)cc2)CC1)NCCc1ccccn1. The summed E-state index contributed by atoms with van der Waals surface area (Å²) in [5.41, 5.74) is 2.37. The first-order valence-corrected chi connectivity index (χ1v) is 10.7. The van der Waals surface area contributed by atoms with E-state index < -0.39 is 0 Å². The maximum absolute atomic E-state index is 5.25. The molecule has 0 saturated carbocycles. The fourth-order valence-electron chi connectivity index (χ4n) is 3.61. The Labute approximate surface area is 180 Å². The van der Waals surface area contributed by atoms with E-state index in [4.69, 9.17) is 4.74 Å². The smallest absolute Gasteiger partial charge is 0.190 e. The standard InChI is InChI=1S/C23H34N6O/c1-24-23(27-14-11-20-6-3-4-12-25-20)26-13-5-15-28-16-18-29(19-17-28)21-7-9-22(30-2)10-8-21/h3-4,6-10,12H,5,11,13-19H2,1-2H3,(H2,24,26,27). The zero-order chi connectivity index (χ0) is 21.0. The number of anilines is 1. The number of aromatic nitrogens is 1. The number of ether oxygens (including phenoxy) is 1. The topological polar surface area (TPSA) is 65.0 Å². The number of methoxy groups -OCH3 is 1. The number of nitrogens with zero attached hydrogens (tertiary/aromatic N) is 4. The largest absolute Gasteiger partial charge is 0.497 e. The summed E-state index contributed by atoms with van der Waals surface area (Å²) in [5.74, 6) is 1.77. The summed E-state index contributed by atoms with van der Waals surface area (Å²) in [4.78, 5) is 13.6. The molecule has 1 fully saturated rings. The third-order valence-corrected chi connectivity index (χ3v) is 5.38. The fourth-order valence-corrected chi connectivity index (χ4v) is 3.61. The van der Waals surface area contributed by atoms with E-state index >= 15 is 0 Å². The number of hydrogen-bond acceptors (Lipinski definition) is 5. The maximum atomic E-state index is 5.25. The Hall–Kier alpha value is -2.80. The number of guanidine groups is 1. The van der Waals surface area contributed by atoms with E-state index in [0.717, 1.165) is 76.1 Å². The highest BCUT2D eigenvalue weighted by Gasteiger charge is 2.16. The first-order valence-electron chi connectivity index (χ1n) is 10.7. The van der Waals surface area contributed by atoms with Crippen molar-refractivity contribution in [2.75, 3.05) is 64.9 Å². The molecule has 0 amide bonds. The average Bonchev–Trinajstić information content (AvgIpc) is 2.82. The minimum Gasteiger partial charge on any atom is -0.497 e. The van der Waals surface area contributed by atoms with Gasteiger partial charge in [-0.05, 0) is 49.4 Å². The molecular weight excluding hydrogens is 376 g/mol. The molecule has 0 bridgehead atoms. The Bertz CT molecular complexity index is 757. The number of aliphatic imine (C=N–C) groups is 1. The molecule has 7 nitrogen and oxygen atoms in total. The molecule has 30 heavy (non-hydrogen) atoms. The summed E-state index contributed by atoms with van der Waals surface area (Å²) in [5, 5.41) is 6.77. The second kappa shape index (κ2) is 12.0. The van der Waals surface area contributed by atoms with Gasteiger partial charge in [0.2, 0.25) is 0 Å². The van der Waals surface area contributed by atoms with Crippen LogP contribution in [0.5, 0.6) is 5.75 Å². The molecule has 2 aromatic rings. The molecule has 0 radical (unpaired) electrons. The second-order valence-electron chi connectivity index (χ2n) is 7.38. The highest BCUT2D eigenvalue weighted by atomic mass is 16.5. The van der Waals surface area contributed by atoms with Crippen LogP contribution in [0.25, 0.3) is 0 Å². The first kappa shape index (κ1) is 21.9. The van der Waals surface area contributed by atoms with Crippen LogP contribution in [0.4, 0.5) is 5.69 Å². The van der Waals surface area contributed by atoms with Gasteiger partial charge in [0.05, 0.1) is 7.11 Å². The Kier molecular flexibility index (Phi) is 8.78. The molecule has 2 N–H and O–H groups in total. The number of hydrogen-bond donors (Lipinski definition) is 2. The molecule has 0 atom stereocenters. The van der Waals surface area contributed by atoms with Gasteiger partial charge in [-0.3, -0.25) is 14.9 Å². The Balaban J connectivity index is 1.28. The van der Waals surface area contributed by atoms with Crippen LogP contribution in [0.1, 0.15) is 12.1 Å². The Morgan fingerprint density at radius 2 is 1.80 bits per heavy atom. The minimum absolute atomic E-state index is 0.823. The quantitative estimate of drug-likeness (QED) is 0.375. The van der Waals surface area contributed by atoms with E-state index in [2.05, 4.69) is 42.5 Å². The third kappa shape index (κ3) is 6.91. The molecule has 1 aliphatic rings. The molecule has 162 valence electrons. The number of piperazine rings is 1. The highest BCUT2D eigenvalue weighted by molar-refractivity contribution is 5.79. The molecule has 7 heteroatoms. The van der Waals surface area contributed by atoms with Crippen molar-refractivity contribution in [2.24, 2.45) is 4.99 Å². The van der Waals surface area contributed by atoms with Crippen molar-refractivity contribution in [1.82, 2.24) is 20.5 Å². The lowest BCUT2D eigenvalue weighted by Gasteiger charge is -2.36. The maximum Gasteiger partial charge on any atom is 0.190 e. The fraction of sp³-hybridized carbons (Fsp3) is 0.478. The van der Waals surface area contributed by atoms with E-state index in [1.165, 1.54) is 5.69 Å². The van der Waals surface area contributed by atoms with Crippen molar-refractivity contribution >= 4 is 11.6 Å². The van der Waals surface area contributed by atoms with Crippen LogP contribution in [-0.4, -0.2) is 75.8 Å². The number of pyridine rings is 1. The van der Waals surface area contributed by atoms with Gasteiger partial charge < -0.3 is 20.3 Å². The van der Waals surface area contributed by atoms with E-state index in [0.29, 0.717) is 0 Å². The molecular formula is C23H34N6O. The van der Waals surface area contributed by atoms with Crippen LogP contribution in [0.3, 0.4) is 0 Å². The Morgan fingerprint density at radius 3 is 2.47 bits per heavy atom. The van der Waals surface area contributed by atoms with Crippen LogP contribution in [0.15, 0.2) is 53.7 Å². The van der Waals surface area contributed by atoms with Crippen LogP contribution in [0, 0.1) is 0 Å². The average molecular weight is 411 g/mol. The van der Waals surface area contributed by atoms with E-state index in [-0.39, 0.29) is 0 Å². The molecule has 1 aromatic carbocycles. The molecule has 1 saturated heterocycles. The van der Waals surface area contributed by atoms with Gasteiger partial charge in [0.25, 0.3) is 0 Å². The monoisotopic (exact) mass is 410 g/mol. The van der Waals surface area contributed by atoms with Gasteiger partial charge in [-0.1, -0.05) is 6.07 Å². The van der Waals surface area contributed by atoms with Crippen LogP contribution in [0.2, 0.25) is 0 Å². The van der Waals surface area contributed by atoms with Gasteiger partial charge >= 0.3 is 0 Å². The highest BCUT2D eigenvalue weighted by Crippen LogP contribution is 2.20. The molecule has 1 aliphatic heterocycles. The van der Waals surface area contributed by atoms with Gasteiger partial charge in [-0.2, -0.15) is 0 Å². The van der Waals surface area contributed by atoms with Crippen molar-refractivity contribution < 1.29 is 4.74 Å². The predicted octanol–water partition coefficient (Wildman–Crippen LogP) is 2.01. The van der Waals surface area contributed by atoms with Crippen molar-refractivity contribution in [3.63, 3.8) is 0 Å². The Morgan fingerprint density at radius 1 is 1.03 bits per heavy atom. The van der Waals surface area contributed by atoms with E-state index in [1.54, 1.807) is 7.11 Å². The van der Waals surface area contributed by atoms with Crippen molar-refractivity contribution in [3.05, 3.63) is 54.4 Å². The van der Waals surface area contributed by atoms with Crippen LogP contribution >= 0.6 is 0 Å². The zero-order valence-electron chi connectivity index (χ0n) is 18.2. The normalized spacial score (nSPS) is 15.1. The van der Waals surface area contributed by atoms with Crippen LogP contribution in [-0.2, 0) is 6.42 Å². The van der Waals surface area contributed by atoms with E-state index in [1.807, 2.05) is 43.6 Å². The van der Waals surface area contributed by atoms with Crippen molar-refractivity contribution in [2.45, 2.75) is 12.8 Å². The summed E-state index contributed by atoms with van der Waals surface area (Å²) in [6.45, 7) is 7.18. The summed E-state index contributed by atoms with van der Waals surface area (Å²) in [6, 6.07) is 14.4. The molecule has 0 spiro atoms. The number of benzene rings is 1. The van der Waals surface area contributed by atoms with Gasteiger partial charge in [-0.25, -0.2) is 0 Å². The van der Waals surface area contributed by atoms with Crippen LogP contribution < -0.4 is 20.3 Å². The van der Waals surface area contributed by atoms with Gasteiger partial charge in [0.1, 0.15) is 5.75 Å². The lowest BCUT2D eigenvalue weighted by Crippen LogP contribution is -2.47. The predicted molar refractivity (Wildman–Crippen MR) is 124 cm³/mol. The third-order valence-electron chi connectivity index (χ3n) is 5.38. The summed E-state index contributed by atoms with van der Waals surface area (Å²) < 4.78 is 5.25. The molecule has 2 heterocycles. The lowest BCUT2D eigenvalue weighted by molar-refractivity contribution is 0.255. The first-order chi connectivity index (χ1) is 14.8. The molecule has 3 rings (SSSR count). The minimum atomic E-state index is 0.823. The van der Waals surface area contributed by atoms with Gasteiger partial charge in [-0.15, -0.1) is 0 Å². The number of rotatable bonds is 9. The summed E-state index contributed by atoms with van der Waals surface area (Å²) >= 11 is 0. The van der Waals surface area contributed by atoms with Crippen molar-refractivity contribution in [3.8, 4) is 5.75 Å². The summed E-state index contributed by atoms with van der Waals surface area (Å²) in [6.07, 6.45) is 3.82. The number of nitrogens with one attached hydrogen (secondary N) is 2. The zero-order valence-corrected chi connectivity index (χ0v) is 18.2. The van der Waals surface area contributed by atoms with E-state index in [9.17, 15) is 0 Å². The summed E-state index contributed by atoms with van der Waals surface area (Å²) in [7, 11) is 3.52. The van der Waals surface area contributed by atoms with Gasteiger partial charge in [0, 0.05) is 70.3 Å². The second-order valence-corrected chi connectivity index (χ2v) is 7.38. The van der Waals surface area contributed by atoms with Gasteiger partial charge in [0.15, 0.2) is 5.96 Å². The lowest BCUT2D eigenvalue weighted by atomic mass is 10.2. The van der Waals surface area contributed by atoms with Crippen molar-refractivity contribution in [1.29, 1.82) is 0 Å². The molecule has 0 unspecified atom stereocenters. The molecule has 0 aliphatic carbocycles.